The molecule has 0 aliphatic carbocycles. The Morgan fingerprint density at radius 2 is 1.62 bits per heavy atom. The molecule has 0 aromatic heterocycles. The average Bonchev–Trinajstić information content (AvgIpc) is 2.65. The van der Waals surface area contributed by atoms with Gasteiger partial charge in [0, 0.05) is 18.9 Å². The Labute approximate surface area is 164 Å². The molecule has 0 fully saturated rings. The summed E-state index contributed by atoms with van der Waals surface area (Å²) in [5.74, 6) is 0.881. The third-order valence-electron chi connectivity index (χ3n) is 4.56. The number of nitrogens with zero attached hydrogens (tertiary/aromatic N) is 1. The summed E-state index contributed by atoms with van der Waals surface area (Å²) in [5, 5.41) is 0. The van der Waals surface area contributed by atoms with E-state index in [-0.39, 0.29) is 18.6 Å². The Hall–Kier alpha value is -1.81. The van der Waals surface area contributed by atoms with Crippen LogP contribution < -0.4 is 17.1 Å². The van der Waals surface area contributed by atoms with Crippen molar-refractivity contribution in [2.24, 2.45) is 0 Å². The molecule has 0 aliphatic heterocycles. The predicted molar refractivity (Wildman–Crippen MR) is 103 cm³/mol. The summed E-state index contributed by atoms with van der Waals surface area (Å²) < 4.78 is 12.7. The molecule has 26 heavy (non-hydrogen) atoms. The molecule has 2 atom stereocenters. The van der Waals surface area contributed by atoms with Crippen LogP contribution in [0.1, 0.15) is 18.9 Å². The first-order valence-corrected chi connectivity index (χ1v) is 8.92. The molecule has 2 rings (SSSR count). The van der Waals surface area contributed by atoms with Crippen molar-refractivity contribution in [1.29, 1.82) is 0 Å². The van der Waals surface area contributed by atoms with E-state index in [0.29, 0.717) is 13.2 Å². The van der Waals surface area contributed by atoms with E-state index in [9.17, 15) is 0 Å². The molecule has 0 heterocycles. The highest BCUT2D eigenvalue weighted by molar-refractivity contribution is 5.20. The van der Waals surface area contributed by atoms with E-state index in [1.807, 2.05) is 36.4 Å². The van der Waals surface area contributed by atoms with Gasteiger partial charge in [-0.15, -0.1) is 6.58 Å². The van der Waals surface area contributed by atoms with Gasteiger partial charge >= 0.3 is 0 Å². The lowest BCUT2D eigenvalue weighted by Crippen LogP contribution is -3.00. The third kappa shape index (κ3) is 7.20. The van der Waals surface area contributed by atoms with Crippen molar-refractivity contribution in [1.82, 2.24) is 0 Å². The number of quaternary nitrogens is 1. The lowest BCUT2D eigenvalue weighted by atomic mass is 10.1. The van der Waals surface area contributed by atoms with E-state index in [1.165, 1.54) is 5.56 Å². The second-order valence-electron chi connectivity index (χ2n) is 6.56. The van der Waals surface area contributed by atoms with Crippen LogP contribution in [0.2, 0.25) is 0 Å². The van der Waals surface area contributed by atoms with Gasteiger partial charge in [0.1, 0.15) is 18.9 Å². The van der Waals surface area contributed by atoms with Gasteiger partial charge in [0.15, 0.2) is 6.23 Å². The molecular formula is C22H30ClNO2. The quantitative estimate of drug-likeness (QED) is 0.257. The van der Waals surface area contributed by atoms with Gasteiger partial charge in [-0.3, -0.25) is 4.48 Å². The van der Waals surface area contributed by atoms with E-state index in [0.717, 1.165) is 29.7 Å². The van der Waals surface area contributed by atoms with Gasteiger partial charge in [0.2, 0.25) is 0 Å². The Bertz CT molecular complexity index is 621. The molecule has 2 unspecified atom stereocenters. The summed E-state index contributed by atoms with van der Waals surface area (Å²) in [4.78, 5) is 0. The predicted octanol–water partition coefficient (Wildman–Crippen LogP) is 1.65. The van der Waals surface area contributed by atoms with Gasteiger partial charge in [0.05, 0.1) is 20.2 Å². The maximum atomic E-state index is 6.11. The van der Waals surface area contributed by atoms with Crippen molar-refractivity contribution in [3.8, 4) is 5.75 Å². The minimum Gasteiger partial charge on any atom is -1.00 e. The van der Waals surface area contributed by atoms with E-state index >= 15 is 0 Å². The third-order valence-corrected chi connectivity index (χ3v) is 4.56. The van der Waals surface area contributed by atoms with Crippen LogP contribution in [0.15, 0.2) is 73.3 Å². The molecule has 0 radical (unpaired) electrons. The van der Waals surface area contributed by atoms with Gasteiger partial charge in [-0.05, 0) is 12.1 Å². The first-order chi connectivity index (χ1) is 12.1. The van der Waals surface area contributed by atoms with E-state index in [1.54, 1.807) is 0 Å². The van der Waals surface area contributed by atoms with Crippen molar-refractivity contribution in [3.05, 3.63) is 78.9 Å². The zero-order valence-corrected chi connectivity index (χ0v) is 16.6. The zero-order valence-electron chi connectivity index (χ0n) is 15.8. The van der Waals surface area contributed by atoms with Gasteiger partial charge in [-0.25, -0.2) is 0 Å². The highest BCUT2D eigenvalue weighted by Gasteiger charge is 2.29. The summed E-state index contributed by atoms with van der Waals surface area (Å²) in [6.45, 7) is 9.09. The molecule has 0 aliphatic rings. The van der Waals surface area contributed by atoms with Gasteiger partial charge in [-0.2, -0.15) is 0 Å². The number of ether oxygens (including phenoxy) is 2. The summed E-state index contributed by atoms with van der Waals surface area (Å²) in [7, 11) is 2.25. The zero-order chi connectivity index (χ0) is 18.0. The minimum atomic E-state index is 0. The van der Waals surface area contributed by atoms with Crippen molar-refractivity contribution >= 4 is 0 Å². The Balaban J connectivity index is 0.00000338. The lowest BCUT2D eigenvalue weighted by Gasteiger charge is -2.39. The molecular weight excluding hydrogens is 346 g/mol. The van der Waals surface area contributed by atoms with Crippen molar-refractivity contribution in [2.45, 2.75) is 26.1 Å². The van der Waals surface area contributed by atoms with E-state index in [2.05, 4.69) is 50.9 Å². The second kappa shape index (κ2) is 11.7. The fourth-order valence-electron chi connectivity index (χ4n) is 2.85. The van der Waals surface area contributed by atoms with E-state index < -0.39 is 0 Å². The highest BCUT2D eigenvalue weighted by atomic mass is 35.5. The molecule has 3 nitrogen and oxygen atoms in total. The van der Waals surface area contributed by atoms with Gasteiger partial charge in [-0.1, -0.05) is 54.6 Å². The molecule has 0 saturated heterocycles. The summed E-state index contributed by atoms with van der Waals surface area (Å²) in [6.07, 6.45) is 3.03. The molecule has 4 heteroatoms. The summed E-state index contributed by atoms with van der Waals surface area (Å²) in [5.41, 5.74) is 1.32. The average molecular weight is 376 g/mol. The molecule has 2 aromatic carbocycles. The van der Waals surface area contributed by atoms with Crippen molar-refractivity contribution in [2.75, 3.05) is 26.8 Å². The molecule has 0 amide bonds. The number of benzene rings is 2. The Morgan fingerprint density at radius 3 is 2.23 bits per heavy atom. The fourth-order valence-corrected chi connectivity index (χ4v) is 2.85. The molecule has 142 valence electrons. The van der Waals surface area contributed by atoms with Crippen LogP contribution >= 0.6 is 0 Å². The van der Waals surface area contributed by atoms with Crippen LogP contribution in [0.3, 0.4) is 0 Å². The largest absolute Gasteiger partial charge is 1.00 e. The maximum absolute atomic E-state index is 6.11. The molecule has 2 aromatic rings. The highest BCUT2D eigenvalue weighted by Crippen LogP contribution is 2.19. The maximum Gasteiger partial charge on any atom is 0.190 e. The Kier molecular flexibility index (Phi) is 10.0. The number of hydrogen-bond acceptors (Lipinski definition) is 2. The number of halogens is 1. The van der Waals surface area contributed by atoms with Crippen LogP contribution in [0, 0.1) is 0 Å². The van der Waals surface area contributed by atoms with E-state index in [4.69, 9.17) is 9.47 Å². The van der Waals surface area contributed by atoms with Gasteiger partial charge in [0.25, 0.3) is 0 Å². The monoisotopic (exact) mass is 375 g/mol. The van der Waals surface area contributed by atoms with Crippen LogP contribution in [-0.4, -0.2) is 37.5 Å². The summed E-state index contributed by atoms with van der Waals surface area (Å²) >= 11 is 0. The number of rotatable bonds is 11. The number of para-hydroxylation sites is 1. The molecule has 0 N–H and O–H groups in total. The fraction of sp³-hybridized carbons (Fsp3) is 0.364. The van der Waals surface area contributed by atoms with Crippen molar-refractivity contribution < 1.29 is 26.4 Å². The Morgan fingerprint density at radius 1 is 1.00 bits per heavy atom. The number of hydrogen-bond donors (Lipinski definition) is 0. The molecule has 0 bridgehead atoms. The summed E-state index contributed by atoms with van der Waals surface area (Å²) in [6, 6.07) is 20.4. The standard InChI is InChI=1S/C22H30NO2.ClH/c1-4-5-16-23(3,19-21-12-8-6-9-13-21)20(2)24-17-18-25-22-14-10-7-11-15-22;/h4,6-15,20H,1,5,16-19H2,2-3H3;1H/q+1;/p-1. The second-order valence-corrected chi connectivity index (χ2v) is 6.56. The van der Waals surface area contributed by atoms with Crippen molar-refractivity contribution in [3.63, 3.8) is 0 Å². The molecule has 0 spiro atoms. The van der Waals surface area contributed by atoms with Gasteiger partial charge < -0.3 is 21.9 Å². The smallest absolute Gasteiger partial charge is 0.190 e. The SMILES string of the molecule is C=CCC[N+](C)(Cc1ccccc1)C(C)OCCOc1ccccc1.[Cl-]. The molecule has 0 saturated carbocycles. The van der Waals surface area contributed by atoms with Crippen LogP contribution in [0.4, 0.5) is 0 Å². The van der Waals surface area contributed by atoms with Crippen LogP contribution in [0.25, 0.3) is 0 Å². The normalized spacial score (nSPS) is 13.9. The van der Waals surface area contributed by atoms with Crippen LogP contribution in [-0.2, 0) is 11.3 Å². The first kappa shape index (κ1) is 22.2. The van der Waals surface area contributed by atoms with Crippen LogP contribution in [0.5, 0.6) is 5.75 Å². The topological polar surface area (TPSA) is 18.5 Å². The lowest BCUT2D eigenvalue weighted by molar-refractivity contribution is -0.964. The first-order valence-electron chi connectivity index (χ1n) is 8.92. The minimum absolute atomic E-state index is 0.